The van der Waals surface area contributed by atoms with Crippen molar-refractivity contribution >= 4 is 11.6 Å². The molecule has 1 amide bonds. The van der Waals surface area contributed by atoms with Crippen LogP contribution in [-0.4, -0.2) is 36.6 Å². The van der Waals surface area contributed by atoms with Crippen LogP contribution in [0.15, 0.2) is 24.3 Å². The number of carbonyl (C=O) groups is 1. The Hall–Kier alpha value is -1.59. The van der Waals surface area contributed by atoms with Crippen LogP contribution >= 0.6 is 0 Å². The van der Waals surface area contributed by atoms with E-state index in [4.69, 9.17) is 16.2 Å². The lowest BCUT2D eigenvalue weighted by atomic mass is 10.1. The number of primary amides is 1. The van der Waals surface area contributed by atoms with Gasteiger partial charge in [0.2, 0.25) is 5.91 Å². The second kappa shape index (κ2) is 5.84. The minimum absolute atomic E-state index is 0.262. The molecule has 1 fully saturated rings. The molecular weight excluding hydrogens is 230 g/mol. The van der Waals surface area contributed by atoms with Crippen molar-refractivity contribution in [2.75, 3.05) is 25.5 Å². The van der Waals surface area contributed by atoms with Crippen LogP contribution in [0.5, 0.6) is 0 Å². The highest BCUT2D eigenvalue weighted by Crippen LogP contribution is 2.16. The summed E-state index contributed by atoms with van der Waals surface area (Å²) in [6, 6.07) is 7.94. The average Bonchev–Trinajstić information content (AvgIpc) is 2.84. The first-order chi connectivity index (χ1) is 8.65. The van der Waals surface area contributed by atoms with E-state index in [2.05, 4.69) is 4.90 Å². The first kappa shape index (κ1) is 12.9. The van der Waals surface area contributed by atoms with Gasteiger partial charge in [0.25, 0.3) is 0 Å². The fourth-order valence-corrected chi connectivity index (χ4v) is 2.18. The van der Waals surface area contributed by atoms with E-state index in [-0.39, 0.29) is 18.5 Å². The molecular formula is C13H19N3O2. The lowest BCUT2D eigenvalue weighted by Gasteiger charge is -2.26. The summed E-state index contributed by atoms with van der Waals surface area (Å²) < 4.78 is 5.36. The van der Waals surface area contributed by atoms with Gasteiger partial charge in [-0.15, -0.1) is 0 Å². The second-order valence-corrected chi connectivity index (χ2v) is 4.63. The summed E-state index contributed by atoms with van der Waals surface area (Å²) in [5.41, 5.74) is 12.8. The highest BCUT2D eigenvalue weighted by molar-refractivity contribution is 5.76. The van der Waals surface area contributed by atoms with Gasteiger partial charge in [0, 0.05) is 24.9 Å². The molecule has 0 spiro atoms. The monoisotopic (exact) mass is 249 g/mol. The Balaban J connectivity index is 2.03. The molecule has 0 saturated carbocycles. The van der Waals surface area contributed by atoms with E-state index < -0.39 is 0 Å². The number of nitrogen functional groups attached to an aromatic ring is 1. The van der Waals surface area contributed by atoms with Crippen molar-refractivity contribution in [1.29, 1.82) is 0 Å². The van der Waals surface area contributed by atoms with E-state index in [0.717, 1.165) is 24.3 Å². The Morgan fingerprint density at radius 1 is 1.39 bits per heavy atom. The molecule has 1 saturated heterocycles. The van der Waals surface area contributed by atoms with Gasteiger partial charge in [-0.25, -0.2) is 0 Å². The van der Waals surface area contributed by atoms with E-state index in [1.165, 1.54) is 0 Å². The standard InChI is InChI=1S/C13H19N3O2/c14-11-3-1-10(2-4-11)7-16(8-13(15)17)12-5-6-18-9-12/h1-4,12H,5-9,14H2,(H2,15,17). The SMILES string of the molecule is NC(=O)CN(Cc1ccc(N)cc1)C1CCOC1. The Bertz CT molecular complexity index is 399. The van der Waals surface area contributed by atoms with Gasteiger partial charge in [-0.2, -0.15) is 0 Å². The molecule has 1 aliphatic rings. The number of hydrogen-bond acceptors (Lipinski definition) is 4. The van der Waals surface area contributed by atoms with Crippen LogP contribution < -0.4 is 11.5 Å². The fraction of sp³-hybridized carbons (Fsp3) is 0.462. The fourth-order valence-electron chi connectivity index (χ4n) is 2.18. The molecule has 5 nitrogen and oxygen atoms in total. The highest BCUT2D eigenvalue weighted by atomic mass is 16.5. The molecule has 0 radical (unpaired) electrons. The number of nitrogens with two attached hydrogens (primary N) is 2. The van der Waals surface area contributed by atoms with E-state index in [1.807, 2.05) is 24.3 Å². The maximum atomic E-state index is 11.1. The summed E-state index contributed by atoms with van der Waals surface area (Å²) in [6.07, 6.45) is 0.947. The third-order valence-electron chi connectivity index (χ3n) is 3.15. The van der Waals surface area contributed by atoms with Crippen molar-refractivity contribution in [2.24, 2.45) is 5.73 Å². The molecule has 1 aromatic carbocycles. The predicted molar refractivity (Wildman–Crippen MR) is 69.7 cm³/mol. The van der Waals surface area contributed by atoms with Crippen LogP contribution in [0, 0.1) is 0 Å². The number of amides is 1. The van der Waals surface area contributed by atoms with Gasteiger partial charge >= 0.3 is 0 Å². The lowest BCUT2D eigenvalue weighted by molar-refractivity contribution is -0.119. The van der Waals surface area contributed by atoms with Crippen molar-refractivity contribution < 1.29 is 9.53 Å². The van der Waals surface area contributed by atoms with Crippen LogP contribution in [-0.2, 0) is 16.1 Å². The van der Waals surface area contributed by atoms with Gasteiger partial charge in [0.05, 0.1) is 13.2 Å². The molecule has 0 bridgehead atoms. The smallest absolute Gasteiger partial charge is 0.231 e. The van der Waals surface area contributed by atoms with Crippen LogP contribution in [0.4, 0.5) is 5.69 Å². The molecule has 2 rings (SSSR count). The molecule has 1 aliphatic heterocycles. The second-order valence-electron chi connectivity index (χ2n) is 4.63. The van der Waals surface area contributed by atoms with E-state index in [1.54, 1.807) is 0 Å². The maximum absolute atomic E-state index is 11.1. The van der Waals surface area contributed by atoms with Crippen LogP contribution in [0.25, 0.3) is 0 Å². The highest BCUT2D eigenvalue weighted by Gasteiger charge is 2.24. The Labute approximate surface area is 107 Å². The quantitative estimate of drug-likeness (QED) is 0.737. The summed E-state index contributed by atoms with van der Waals surface area (Å²) in [5.74, 6) is -0.308. The average molecular weight is 249 g/mol. The van der Waals surface area contributed by atoms with Gasteiger partial charge in [-0.1, -0.05) is 12.1 Å². The number of anilines is 1. The molecule has 5 heteroatoms. The number of hydrogen-bond donors (Lipinski definition) is 2. The molecule has 98 valence electrons. The molecule has 1 aromatic rings. The van der Waals surface area contributed by atoms with Crippen molar-refractivity contribution in [1.82, 2.24) is 4.90 Å². The number of benzene rings is 1. The summed E-state index contributed by atoms with van der Waals surface area (Å²) in [7, 11) is 0. The van der Waals surface area contributed by atoms with Crippen molar-refractivity contribution in [3.8, 4) is 0 Å². The number of rotatable bonds is 5. The van der Waals surface area contributed by atoms with Crippen molar-refractivity contribution in [3.63, 3.8) is 0 Å². The van der Waals surface area contributed by atoms with E-state index in [0.29, 0.717) is 13.2 Å². The molecule has 1 unspecified atom stereocenters. The summed E-state index contributed by atoms with van der Waals surface area (Å²) in [4.78, 5) is 13.2. The zero-order chi connectivity index (χ0) is 13.0. The van der Waals surface area contributed by atoms with Gasteiger partial charge in [-0.05, 0) is 24.1 Å². The minimum atomic E-state index is -0.308. The molecule has 4 N–H and O–H groups in total. The zero-order valence-corrected chi connectivity index (χ0v) is 10.3. The number of ether oxygens (including phenoxy) is 1. The molecule has 0 aromatic heterocycles. The molecule has 18 heavy (non-hydrogen) atoms. The van der Waals surface area contributed by atoms with Gasteiger partial charge in [0.1, 0.15) is 0 Å². The Morgan fingerprint density at radius 3 is 2.67 bits per heavy atom. The zero-order valence-electron chi connectivity index (χ0n) is 10.3. The van der Waals surface area contributed by atoms with Crippen LogP contribution in [0.2, 0.25) is 0 Å². The van der Waals surface area contributed by atoms with Crippen molar-refractivity contribution in [2.45, 2.75) is 19.0 Å². The first-order valence-electron chi connectivity index (χ1n) is 6.09. The topological polar surface area (TPSA) is 81.6 Å². The number of carbonyl (C=O) groups excluding carboxylic acids is 1. The third-order valence-corrected chi connectivity index (χ3v) is 3.15. The molecule has 1 heterocycles. The largest absolute Gasteiger partial charge is 0.399 e. The summed E-state index contributed by atoms with van der Waals surface area (Å²) in [5, 5.41) is 0. The van der Waals surface area contributed by atoms with Gasteiger partial charge in [-0.3, -0.25) is 9.69 Å². The maximum Gasteiger partial charge on any atom is 0.231 e. The minimum Gasteiger partial charge on any atom is -0.399 e. The van der Waals surface area contributed by atoms with E-state index >= 15 is 0 Å². The molecule has 1 atom stereocenters. The summed E-state index contributed by atoms with van der Waals surface area (Å²) >= 11 is 0. The number of nitrogens with zero attached hydrogens (tertiary/aromatic N) is 1. The molecule has 0 aliphatic carbocycles. The lowest BCUT2D eigenvalue weighted by Crippen LogP contribution is -2.41. The first-order valence-corrected chi connectivity index (χ1v) is 6.09. The Kier molecular flexibility index (Phi) is 4.17. The predicted octanol–water partition coefficient (Wildman–Crippen LogP) is 0.345. The summed E-state index contributed by atoms with van der Waals surface area (Å²) in [6.45, 7) is 2.37. The normalized spacial score (nSPS) is 19.3. The third kappa shape index (κ3) is 3.45. The van der Waals surface area contributed by atoms with E-state index in [9.17, 15) is 4.79 Å². The van der Waals surface area contributed by atoms with Crippen LogP contribution in [0.1, 0.15) is 12.0 Å². The van der Waals surface area contributed by atoms with Gasteiger partial charge < -0.3 is 16.2 Å². The van der Waals surface area contributed by atoms with Crippen molar-refractivity contribution in [3.05, 3.63) is 29.8 Å². The Morgan fingerprint density at radius 2 is 2.11 bits per heavy atom. The van der Waals surface area contributed by atoms with Gasteiger partial charge in [0.15, 0.2) is 0 Å². The van der Waals surface area contributed by atoms with Crippen LogP contribution in [0.3, 0.4) is 0 Å².